The number of halogens is 1. The van der Waals surface area contributed by atoms with Crippen molar-refractivity contribution in [1.29, 1.82) is 0 Å². The highest BCUT2D eigenvalue weighted by Crippen LogP contribution is 2.23. The van der Waals surface area contributed by atoms with Crippen molar-refractivity contribution < 1.29 is 24.5 Å². The molecule has 1 rings (SSSR count). The minimum absolute atomic E-state index is 0. The number of carboxylic acid groups (broad SMARTS) is 1. The first kappa shape index (κ1) is 15.0. The van der Waals surface area contributed by atoms with Gasteiger partial charge in [0.15, 0.2) is 5.60 Å². The monoisotopic (exact) mass is 253 g/mol. The first-order valence-electron chi connectivity index (χ1n) is 4.87. The molecule has 94 valence electrons. The Morgan fingerprint density at radius 2 is 1.88 bits per heavy atom. The number of hydrogen-bond donors (Lipinski definition) is 2. The standard InChI is InChI=1S/C9H15NO5.ClH/c1-2-15-7(11)9(14)3-5-10(6-4-9)8(12)13;/h14H,2-6H2,1H3,(H,12,13);1H. The summed E-state index contributed by atoms with van der Waals surface area (Å²) < 4.78 is 4.73. The lowest BCUT2D eigenvalue weighted by Gasteiger charge is -2.34. The third-order valence-corrected chi connectivity index (χ3v) is 2.52. The van der Waals surface area contributed by atoms with Crippen LogP contribution in [0.2, 0.25) is 0 Å². The van der Waals surface area contributed by atoms with Gasteiger partial charge in [0.25, 0.3) is 0 Å². The molecule has 0 bridgehead atoms. The predicted octanol–water partition coefficient (Wildman–Crippen LogP) is 0.476. The van der Waals surface area contributed by atoms with E-state index < -0.39 is 17.7 Å². The molecule has 0 atom stereocenters. The number of hydrogen-bond acceptors (Lipinski definition) is 4. The molecule has 0 radical (unpaired) electrons. The summed E-state index contributed by atoms with van der Waals surface area (Å²) in [6, 6.07) is 0. The number of esters is 1. The van der Waals surface area contributed by atoms with Crippen molar-refractivity contribution in [2.45, 2.75) is 25.4 Å². The first-order valence-corrected chi connectivity index (χ1v) is 4.87. The molecule has 0 aromatic rings. The van der Waals surface area contributed by atoms with Crippen LogP contribution in [0.4, 0.5) is 4.79 Å². The van der Waals surface area contributed by atoms with Crippen LogP contribution >= 0.6 is 12.4 Å². The van der Waals surface area contributed by atoms with E-state index in [4.69, 9.17) is 9.84 Å². The molecule has 0 aromatic heterocycles. The maximum Gasteiger partial charge on any atom is 0.407 e. The number of nitrogens with zero attached hydrogens (tertiary/aromatic N) is 1. The zero-order chi connectivity index (χ0) is 11.5. The fourth-order valence-corrected chi connectivity index (χ4v) is 1.54. The van der Waals surface area contributed by atoms with Gasteiger partial charge in [0.1, 0.15) is 0 Å². The zero-order valence-electron chi connectivity index (χ0n) is 9.01. The lowest BCUT2D eigenvalue weighted by Crippen LogP contribution is -2.51. The highest BCUT2D eigenvalue weighted by atomic mass is 35.5. The minimum atomic E-state index is -1.51. The summed E-state index contributed by atoms with van der Waals surface area (Å²) in [6.07, 6.45) is -0.836. The van der Waals surface area contributed by atoms with E-state index in [-0.39, 0.29) is 44.9 Å². The lowest BCUT2D eigenvalue weighted by molar-refractivity contribution is -0.169. The van der Waals surface area contributed by atoms with Gasteiger partial charge in [-0.15, -0.1) is 12.4 Å². The molecular weight excluding hydrogens is 238 g/mol. The van der Waals surface area contributed by atoms with Crippen LogP contribution < -0.4 is 0 Å². The van der Waals surface area contributed by atoms with Gasteiger partial charge >= 0.3 is 12.1 Å². The van der Waals surface area contributed by atoms with Crippen LogP contribution in [0.3, 0.4) is 0 Å². The summed E-state index contributed by atoms with van der Waals surface area (Å²) in [5.74, 6) is -0.657. The summed E-state index contributed by atoms with van der Waals surface area (Å²) in [7, 11) is 0. The van der Waals surface area contributed by atoms with Gasteiger partial charge in [0.05, 0.1) is 6.61 Å². The Hall–Kier alpha value is -1.01. The van der Waals surface area contributed by atoms with Gasteiger partial charge in [-0.05, 0) is 6.92 Å². The van der Waals surface area contributed by atoms with E-state index in [1.165, 1.54) is 4.90 Å². The Morgan fingerprint density at radius 1 is 1.38 bits per heavy atom. The number of aliphatic hydroxyl groups is 1. The first-order chi connectivity index (χ1) is 6.99. The fraction of sp³-hybridized carbons (Fsp3) is 0.778. The molecule has 0 aromatic carbocycles. The third-order valence-electron chi connectivity index (χ3n) is 2.52. The Bertz CT molecular complexity index is 263. The van der Waals surface area contributed by atoms with Gasteiger partial charge in [-0.25, -0.2) is 9.59 Å². The van der Waals surface area contributed by atoms with Crippen molar-refractivity contribution >= 4 is 24.5 Å². The molecule has 1 fully saturated rings. The third kappa shape index (κ3) is 3.24. The number of ether oxygens (including phenoxy) is 1. The molecule has 1 saturated heterocycles. The van der Waals surface area contributed by atoms with Gasteiger partial charge < -0.3 is 19.8 Å². The van der Waals surface area contributed by atoms with Crippen LogP contribution in [-0.4, -0.2) is 52.5 Å². The molecule has 7 heteroatoms. The fourth-order valence-electron chi connectivity index (χ4n) is 1.54. The second-order valence-corrected chi connectivity index (χ2v) is 3.52. The normalized spacial score (nSPS) is 18.5. The summed E-state index contributed by atoms with van der Waals surface area (Å²) in [6.45, 7) is 2.19. The Balaban J connectivity index is 0.00000225. The number of carbonyl (C=O) groups excluding carboxylic acids is 1. The van der Waals surface area contributed by atoms with E-state index in [0.29, 0.717) is 0 Å². The molecule has 1 amide bonds. The van der Waals surface area contributed by atoms with E-state index in [1.54, 1.807) is 6.92 Å². The van der Waals surface area contributed by atoms with Crippen LogP contribution in [0, 0.1) is 0 Å². The molecule has 1 aliphatic heterocycles. The number of piperidine rings is 1. The van der Waals surface area contributed by atoms with Crippen molar-refractivity contribution in [3.8, 4) is 0 Å². The highest BCUT2D eigenvalue weighted by Gasteiger charge is 2.41. The van der Waals surface area contributed by atoms with Crippen LogP contribution in [0.1, 0.15) is 19.8 Å². The van der Waals surface area contributed by atoms with E-state index in [9.17, 15) is 14.7 Å². The Morgan fingerprint density at radius 3 is 2.25 bits per heavy atom. The summed E-state index contributed by atoms with van der Waals surface area (Å²) in [4.78, 5) is 23.1. The second-order valence-electron chi connectivity index (χ2n) is 3.52. The molecule has 0 spiro atoms. The average Bonchev–Trinajstić information content (AvgIpc) is 2.18. The molecule has 0 aliphatic carbocycles. The van der Waals surface area contributed by atoms with Crippen LogP contribution in [-0.2, 0) is 9.53 Å². The zero-order valence-corrected chi connectivity index (χ0v) is 9.83. The van der Waals surface area contributed by atoms with Gasteiger partial charge in [-0.3, -0.25) is 0 Å². The van der Waals surface area contributed by atoms with Gasteiger partial charge in [-0.2, -0.15) is 0 Å². The largest absolute Gasteiger partial charge is 0.465 e. The molecule has 2 N–H and O–H groups in total. The maximum absolute atomic E-state index is 11.4. The van der Waals surface area contributed by atoms with E-state index in [0.717, 1.165) is 0 Å². The average molecular weight is 254 g/mol. The number of carbonyl (C=O) groups is 2. The van der Waals surface area contributed by atoms with E-state index in [2.05, 4.69) is 0 Å². The topological polar surface area (TPSA) is 87.1 Å². The minimum Gasteiger partial charge on any atom is -0.465 e. The highest BCUT2D eigenvalue weighted by molar-refractivity contribution is 5.85. The molecule has 16 heavy (non-hydrogen) atoms. The molecule has 1 heterocycles. The van der Waals surface area contributed by atoms with Gasteiger partial charge in [0.2, 0.25) is 0 Å². The van der Waals surface area contributed by atoms with Gasteiger partial charge in [-0.1, -0.05) is 0 Å². The Labute approximate surface area is 99.6 Å². The molecular formula is C9H16ClNO5. The number of amides is 1. The van der Waals surface area contributed by atoms with Crippen LogP contribution in [0.5, 0.6) is 0 Å². The molecule has 0 saturated carbocycles. The quantitative estimate of drug-likeness (QED) is 0.699. The smallest absolute Gasteiger partial charge is 0.407 e. The van der Waals surface area contributed by atoms with Crippen molar-refractivity contribution in [2.24, 2.45) is 0 Å². The van der Waals surface area contributed by atoms with Crippen molar-refractivity contribution in [1.82, 2.24) is 4.90 Å². The predicted molar refractivity (Wildman–Crippen MR) is 57.7 cm³/mol. The summed E-state index contributed by atoms with van der Waals surface area (Å²) in [5.41, 5.74) is -1.51. The van der Waals surface area contributed by atoms with E-state index >= 15 is 0 Å². The van der Waals surface area contributed by atoms with Crippen LogP contribution in [0.25, 0.3) is 0 Å². The SMILES string of the molecule is CCOC(=O)C1(O)CCN(C(=O)O)CC1.Cl. The summed E-state index contributed by atoms with van der Waals surface area (Å²) in [5, 5.41) is 18.6. The van der Waals surface area contributed by atoms with Crippen molar-refractivity contribution in [2.75, 3.05) is 19.7 Å². The maximum atomic E-state index is 11.4. The number of likely N-dealkylation sites (tertiary alicyclic amines) is 1. The van der Waals surface area contributed by atoms with Gasteiger partial charge in [0, 0.05) is 25.9 Å². The van der Waals surface area contributed by atoms with E-state index in [1.807, 2.05) is 0 Å². The van der Waals surface area contributed by atoms with Crippen LogP contribution in [0.15, 0.2) is 0 Å². The second kappa shape index (κ2) is 5.91. The molecule has 1 aliphatic rings. The summed E-state index contributed by atoms with van der Waals surface area (Å²) >= 11 is 0. The van der Waals surface area contributed by atoms with Crippen molar-refractivity contribution in [3.63, 3.8) is 0 Å². The lowest BCUT2D eigenvalue weighted by atomic mass is 9.92. The van der Waals surface area contributed by atoms with Crippen molar-refractivity contribution in [3.05, 3.63) is 0 Å². The number of rotatable bonds is 2. The molecule has 6 nitrogen and oxygen atoms in total. The Kier molecular flexibility index (Phi) is 5.53. The molecule has 0 unspecified atom stereocenters.